The Morgan fingerprint density at radius 3 is 3.14 bits per heavy atom. The highest BCUT2D eigenvalue weighted by Crippen LogP contribution is 2.32. The SMILES string of the molecule is O=C(NC1COc2ccc(F)cc21)NC1CCn2ccnc21. The summed E-state index contributed by atoms with van der Waals surface area (Å²) in [6.45, 7) is 1.16. The Morgan fingerprint density at radius 2 is 2.23 bits per heavy atom. The average molecular weight is 302 g/mol. The molecule has 1 aromatic carbocycles. The number of nitrogens with zero attached hydrogens (tertiary/aromatic N) is 2. The lowest BCUT2D eigenvalue weighted by atomic mass is 10.1. The van der Waals surface area contributed by atoms with Crippen LogP contribution in [0.2, 0.25) is 0 Å². The number of halogens is 1. The minimum absolute atomic E-state index is 0.0932. The van der Waals surface area contributed by atoms with Gasteiger partial charge in [-0.3, -0.25) is 0 Å². The summed E-state index contributed by atoms with van der Waals surface area (Å²) in [5.74, 6) is 1.14. The van der Waals surface area contributed by atoms with E-state index in [0.29, 0.717) is 17.9 Å². The molecule has 114 valence electrons. The van der Waals surface area contributed by atoms with Crippen molar-refractivity contribution in [2.24, 2.45) is 0 Å². The normalized spacial score (nSPS) is 21.9. The summed E-state index contributed by atoms with van der Waals surface area (Å²) in [5, 5.41) is 5.74. The number of imidazole rings is 1. The van der Waals surface area contributed by atoms with Gasteiger partial charge in [0.05, 0.1) is 12.1 Å². The van der Waals surface area contributed by atoms with E-state index >= 15 is 0 Å². The Hall–Kier alpha value is -2.57. The molecule has 4 rings (SSSR count). The van der Waals surface area contributed by atoms with E-state index in [4.69, 9.17) is 4.74 Å². The zero-order valence-corrected chi connectivity index (χ0v) is 11.8. The summed E-state index contributed by atoms with van der Waals surface area (Å²) < 4.78 is 20.8. The van der Waals surface area contributed by atoms with Crippen LogP contribution in [0.1, 0.15) is 29.9 Å². The Bertz CT molecular complexity index is 730. The lowest BCUT2D eigenvalue weighted by Crippen LogP contribution is -2.40. The van der Waals surface area contributed by atoms with Crippen LogP contribution in [0.25, 0.3) is 0 Å². The van der Waals surface area contributed by atoms with Gasteiger partial charge in [-0.05, 0) is 24.6 Å². The van der Waals surface area contributed by atoms with Crippen LogP contribution in [0.4, 0.5) is 9.18 Å². The third-order valence-electron chi connectivity index (χ3n) is 4.08. The lowest BCUT2D eigenvalue weighted by Gasteiger charge is -2.16. The number of carbonyl (C=O) groups is 1. The molecule has 0 bridgehead atoms. The Kier molecular flexibility index (Phi) is 2.99. The summed E-state index contributed by atoms with van der Waals surface area (Å²) in [5.41, 5.74) is 0.670. The molecule has 6 nitrogen and oxygen atoms in total. The highest BCUT2D eigenvalue weighted by molar-refractivity contribution is 5.75. The van der Waals surface area contributed by atoms with Gasteiger partial charge in [0, 0.05) is 24.5 Å². The number of aromatic nitrogens is 2. The molecule has 2 amide bonds. The fraction of sp³-hybridized carbons (Fsp3) is 0.333. The summed E-state index contributed by atoms with van der Waals surface area (Å²) in [6.07, 6.45) is 4.45. The van der Waals surface area contributed by atoms with Crippen LogP contribution in [-0.4, -0.2) is 22.2 Å². The molecule has 3 heterocycles. The largest absolute Gasteiger partial charge is 0.491 e. The molecule has 1 aromatic heterocycles. The second kappa shape index (κ2) is 5.01. The number of fused-ring (bicyclic) bond motifs is 2. The lowest BCUT2D eigenvalue weighted by molar-refractivity contribution is 0.228. The van der Waals surface area contributed by atoms with Crippen molar-refractivity contribution < 1.29 is 13.9 Å². The van der Waals surface area contributed by atoms with E-state index in [9.17, 15) is 9.18 Å². The summed E-state index contributed by atoms with van der Waals surface area (Å²) >= 11 is 0. The van der Waals surface area contributed by atoms with E-state index in [1.54, 1.807) is 12.3 Å². The van der Waals surface area contributed by atoms with Crippen molar-refractivity contribution in [2.75, 3.05) is 6.61 Å². The van der Waals surface area contributed by atoms with Gasteiger partial charge in [0.1, 0.15) is 24.0 Å². The van der Waals surface area contributed by atoms with Gasteiger partial charge in [-0.1, -0.05) is 0 Å². The number of hydrogen-bond acceptors (Lipinski definition) is 3. The van der Waals surface area contributed by atoms with E-state index in [1.807, 2.05) is 10.8 Å². The van der Waals surface area contributed by atoms with Gasteiger partial charge >= 0.3 is 6.03 Å². The molecule has 2 atom stereocenters. The molecule has 0 aliphatic carbocycles. The number of carbonyl (C=O) groups excluding carboxylic acids is 1. The van der Waals surface area contributed by atoms with Crippen LogP contribution in [0, 0.1) is 5.82 Å². The molecule has 2 aliphatic rings. The van der Waals surface area contributed by atoms with Gasteiger partial charge in [-0.25, -0.2) is 14.2 Å². The Balaban J connectivity index is 1.43. The Morgan fingerprint density at radius 1 is 1.36 bits per heavy atom. The number of amides is 2. The number of nitrogens with one attached hydrogen (secondary N) is 2. The fourth-order valence-corrected chi connectivity index (χ4v) is 3.02. The quantitative estimate of drug-likeness (QED) is 0.890. The first kappa shape index (κ1) is 13.1. The van der Waals surface area contributed by atoms with Gasteiger partial charge in [0.2, 0.25) is 0 Å². The zero-order chi connectivity index (χ0) is 15.1. The fourth-order valence-electron chi connectivity index (χ4n) is 3.02. The van der Waals surface area contributed by atoms with E-state index in [2.05, 4.69) is 15.6 Å². The van der Waals surface area contributed by atoms with E-state index in [1.165, 1.54) is 12.1 Å². The summed E-state index contributed by atoms with van der Waals surface area (Å²) in [4.78, 5) is 16.4. The van der Waals surface area contributed by atoms with Crippen molar-refractivity contribution in [1.29, 1.82) is 0 Å². The number of aryl methyl sites for hydroxylation is 1. The standard InChI is InChI=1S/C15H15FN4O2/c16-9-1-2-13-10(7-9)12(8-22-13)19-15(21)18-11-3-5-20-6-4-17-14(11)20/h1-2,4,6-7,11-12H,3,5,8H2,(H2,18,19,21). The second-order valence-electron chi connectivity index (χ2n) is 5.48. The molecule has 0 radical (unpaired) electrons. The molecule has 2 N–H and O–H groups in total. The van der Waals surface area contributed by atoms with Crippen LogP contribution < -0.4 is 15.4 Å². The molecular formula is C15H15FN4O2. The maximum atomic E-state index is 13.3. The van der Waals surface area contributed by atoms with Crippen molar-refractivity contribution in [1.82, 2.24) is 20.2 Å². The molecular weight excluding hydrogens is 287 g/mol. The molecule has 22 heavy (non-hydrogen) atoms. The first-order chi connectivity index (χ1) is 10.7. The number of rotatable bonds is 2. The topological polar surface area (TPSA) is 68.2 Å². The molecule has 7 heteroatoms. The number of benzene rings is 1. The van der Waals surface area contributed by atoms with Crippen LogP contribution in [0.3, 0.4) is 0 Å². The summed E-state index contributed by atoms with van der Waals surface area (Å²) in [7, 11) is 0. The van der Waals surface area contributed by atoms with E-state index in [-0.39, 0.29) is 23.9 Å². The van der Waals surface area contributed by atoms with Gasteiger partial charge in [0.15, 0.2) is 0 Å². The predicted octanol–water partition coefficient (Wildman–Crippen LogP) is 1.90. The average Bonchev–Trinajstić information content (AvgIpc) is 3.17. The van der Waals surface area contributed by atoms with Crippen molar-refractivity contribution in [3.63, 3.8) is 0 Å². The minimum Gasteiger partial charge on any atom is -0.491 e. The number of hydrogen-bond donors (Lipinski definition) is 2. The maximum Gasteiger partial charge on any atom is 0.315 e. The maximum absolute atomic E-state index is 13.3. The van der Waals surface area contributed by atoms with Crippen molar-refractivity contribution in [3.8, 4) is 5.75 Å². The molecule has 2 unspecified atom stereocenters. The third kappa shape index (κ3) is 2.18. The van der Waals surface area contributed by atoms with Crippen molar-refractivity contribution in [2.45, 2.75) is 25.0 Å². The van der Waals surface area contributed by atoms with Crippen LogP contribution in [0.15, 0.2) is 30.6 Å². The molecule has 2 aromatic rings. The smallest absolute Gasteiger partial charge is 0.315 e. The van der Waals surface area contributed by atoms with Gasteiger partial charge in [-0.2, -0.15) is 0 Å². The zero-order valence-electron chi connectivity index (χ0n) is 11.8. The van der Waals surface area contributed by atoms with E-state index < -0.39 is 0 Å². The van der Waals surface area contributed by atoms with E-state index in [0.717, 1.165) is 18.8 Å². The van der Waals surface area contributed by atoms with Crippen LogP contribution in [-0.2, 0) is 6.54 Å². The minimum atomic E-state index is -0.341. The third-order valence-corrected chi connectivity index (χ3v) is 4.08. The molecule has 0 saturated carbocycles. The van der Waals surface area contributed by atoms with Crippen LogP contribution in [0.5, 0.6) is 5.75 Å². The second-order valence-corrected chi connectivity index (χ2v) is 5.48. The first-order valence-electron chi connectivity index (χ1n) is 7.21. The van der Waals surface area contributed by atoms with Crippen molar-refractivity contribution >= 4 is 6.03 Å². The summed E-state index contributed by atoms with van der Waals surface area (Å²) in [6, 6.07) is 3.59. The Labute approximate surface area is 126 Å². The molecule has 2 aliphatic heterocycles. The van der Waals surface area contributed by atoms with Gasteiger partial charge in [-0.15, -0.1) is 0 Å². The van der Waals surface area contributed by atoms with Crippen molar-refractivity contribution in [3.05, 3.63) is 47.8 Å². The molecule has 0 fully saturated rings. The number of ether oxygens (including phenoxy) is 1. The number of urea groups is 1. The predicted molar refractivity (Wildman–Crippen MR) is 75.9 cm³/mol. The first-order valence-corrected chi connectivity index (χ1v) is 7.21. The van der Waals surface area contributed by atoms with Gasteiger partial charge in [0.25, 0.3) is 0 Å². The van der Waals surface area contributed by atoms with Gasteiger partial charge < -0.3 is 19.9 Å². The highest BCUT2D eigenvalue weighted by Gasteiger charge is 2.29. The molecule has 0 saturated heterocycles. The van der Waals surface area contributed by atoms with Crippen LogP contribution >= 0.6 is 0 Å². The monoisotopic (exact) mass is 302 g/mol. The highest BCUT2D eigenvalue weighted by atomic mass is 19.1. The molecule has 0 spiro atoms.